The Morgan fingerprint density at radius 2 is 1.94 bits per heavy atom. The Morgan fingerprint density at radius 1 is 1.10 bits per heavy atom. The van der Waals surface area contributed by atoms with Crippen molar-refractivity contribution in [2.24, 2.45) is 5.92 Å². The van der Waals surface area contributed by atoms with Gasteiger partial charge in [-0.05, 0) is 49.9 Å². The minimum Gasteiger partial charge on any atom is -0.484 e. The van der Waals surface area contributed by atoms with Gasteiger partial charge in [-0.2, -0.15) is 0 Å². The van der Waals surface area contributed by atoms with Gasteiger partial charge in [0, 0.05) is 54.3 Å². The molecule has 2 aliphatic heterocycles. The summed E-state index contributed by atoms with van der Waals surface area (Å²) in [6.45, 7) is 5.42. The first-order chi connectivity index (χ1) is 14.9. The van der Waals surface area contributed by atoms with E-state index in [4.69, 9.17) is 9.15 Å². The van der Waals surface area contributed by atoms with Crippen LogP contribution in [-0.2, 0) is 11.3 Å². The number of carbonyl (C=O) groups is 1. The van der Waals surface area contributed by atoms with Gasteiger partial charge in [-0.1, -0.05) is 6.07 Å². The summed E-state index contributed by atoms with van der Waals surface area (Å²) in [5.74, 6) is 0.854. The van der Waals surface area contributed by atoms with Crippen molar-refractivity contribution in [1.29, 1.82) is 0 Å². The molecule has 2 bridgehead atoms. The van der Waals surface area contributed by atoms with Crippen molar-refractivity contribution in [3.63, 3.8) is 0 Å². The number of piperidine rings is 1. The molecule has 0 aliphatic carbocycles. The van der Waals surface area contributed by atoms with Crippen LogP contribution in [0.5, 0.6) is 5.75 Å². The number of aromatic nitrogens is 1. The second-order valence-electron chi connectivity index (χ2n) is 8.58. The number of rotatable bonds is 3. The Balaban J connectivity index is 1.30. The zero-order chi connectivity index (χ0) is 21.7. The molecule has 4 heterocycles. The van der Waals surface area contributed by atoms with Crippen LogP contribution < -0.4 is 15.9 Å². The third-order valence-corrected chi connectivity index (χ3v) is 6.62. The van der Waals surface area contributed by atoms with Crippen molar-refractivity contribution in [1.82, 2.24) is 9.47 Å². The van der Waals surface area contributed by atoms with Crippen LogP contribution in [0.4, 0.5) is 0 Å². The first-order valence-electron chi connectivity index (χ1n) is 10.5. The fourth-order valence-corrected chi connectivity index (χ4v) is 4.85. The fraction of sp³-hybridized carbons (Fsp3) is 0.375. The zero-order valence-corrected chi connectivity index (χ0v) is 17.6. The molecule has 0 unspecified atom stereocenters. The Labute approximate surface area is 178 Å². The van der Waals surface area contributed by atoms with Crippen molar-refractivity contribution in [2.75, 3.05) is 19.7 Å². The van der Waals surface area contributed by atoms with Gasteiger partial charge in [0.05, 0.1) is 0 Å². The lowest BCUT2D eigenvalue weighted by Gasteiger charge is -2.42. The quantitative estimate of drug-likeness (QED) is 0.609. The van der Waals surface area contributed by atoms with Gasteiger partial charge in [0.1, 0.15) is 11.3 Å². The fourth-order valence-electron chi connectivity index (χ4n) is 4.85. The minimum atomic E-state index is -0.363. The summed E-state index contributed by atoms with van der Waals surface area (Å²) in [6.07, 6.45) is 0.997. The van der Waals surface area contributed by atoms with Gasteiger partial charge >= 0.3 is 5.63 Å². The summed E-state index contributed by atoms with van der Waals surface area (Å²) >= 11 is 0. The molecule has 31 heavy (non-hydrogen) atoms. The Hall–Kier alpha value is -3.35. The number of fused-ring (bicyclic) bond motifs is 5. The summed E-state index contributed by atoms with van der Waals surface area (Å²) < 4.78 is 13.0. The number of hydrogen-bond donors (Lipinski definition) is 0. The monoisotopic (exact) mass is 420 g/mol. The van der Waals surface area contributed by atoms with E-state index in [1.807, 2.05) is 28.5 Å². The topological polar surface area (TPSA) is 81.8 Å². The molecule has 3 aromatic rings. The van der Waals surface area contributed by atoms with E-state index in [1.54, 1.807) is 31.2 Å². The standard InChI is InChI=1S/C24H24N2O5/c1-14-15(2)24(29)31-21-9-18(6-7-19(14)21)30-13-23(28)25-10-16-8-17(12-25)20-4-3-5-22(27)26(20)11-16/h3-7,9,16-17H,8,10-13H2,1-2H3/t16-,17+/m1/s1. The number of amides is 1. The molecular formula is C24H24N2O5. The summed E-state index contributed by atoms with van der Waals surface area (Å²) in [4.78, 5) is 38.8. The maximum Gasteiger partial charge on any atom is 0.339 e. The number of carbonyl (C=O) groups excluding carboxylic acids is 1. The highest BCUT2D eigenvalue weighted by Crippen LogP contribution is 2.35. The molecule has 2 aliphatic rings. The van der Waals surface area contributed by atoms with E-state index >= 15 is 0 Å². The highest BCUT2D eigenvalue weighted by Gasteiger charge is 2.36. The zero-order valence-electron chi connectivity index (χ0n) is 17.6. The SMILES string of the molecule is Cc1c(C)c2ccc(OCC(=O)N3C[C@H]4C[C@@H](C3)c3cccc(=O)n3C4)cc2oc1=O. The van der Waals surface area contributed by atoms with Crippen LogP contribution >= 0.6 is 0 Å². The van der Waals surface area contributed by atoms with Crippen molar-refractivity contribution in [3.05, 3.63) is 74.0 Å². The van der Waals surface area contributed by atoms with Gasteiger partial charge in [0.15, 0.2) is 6.61 Å². The van der Waals surface area contributed by atoms with Crippen LogP contribution in [0, 0.1) is 19.8 Å². The van der Waals surface area contributed by atoms with E-state index in [-0.39, 0.29) is 35.5 Å². The van der Waals surface area contributed by atoms with Crippen LogP contribution in [0.15, 0.2) is 50.4 Å². The molecule has 0 radical (unpaired) electrons. The summed E-state index contributed by atoms with van der Waals surface area (Å²) in [7, 11) is 0. The Morgan fingerprint density at radius 3 is 2.77 bits per heavy atom. The molecular weight excluding hydrogens is 396 g/mol. The second kappa shape index (κ2) is 7.41. The first kappa shape index (κ1) is 19.6. The minimum absolute atomic E-state index is 0.0312. The summed E-state index contributed by atoms with van der Waals surface area (Å²) in [6, 6.07) is 10.7. The second-order valence-corrected chi connectivity index (χ2v) is 8.58. The predicted octanol–water partition coefficient (Wildman–Crippen LogP) is 2.60. The average Bonchev–Trinajstić information content (AvgIpc) is 2.76. The molecule has 160 valence electrons. The Bertz CT molecular complexity index is 1310. The van der Waals surface area contributed by atoms with Crippen molar-refractivity contribution in [2.45, 2.75) is 32.7 Å². The van der Waals surface area contributed by atoms with Crippen LogP contribution in [-0.4, -0.2) is 35.1 Å². The van der Waals surface area contributed by atoms with Crippen LogP contribution in [0.25, 0.3) is 11.0 Å². The van der Waals surface area contributed by atoms with Crippen LogP contribution in [0.1, 0.15) is 29.2 Å². The number of aryl methyl sites for hydroxylation is 1. The molecule has 2 aromatic heterocycles. The molecule has 1 saturated heterocycles. The average molecular weight is 420 g/mol. The van der Waals surface area contributed by atoms with Crippen molar-refractivity contribution >= 4 is 16.9 Å². The van der Waals surface area contributed by atoms with E-state index < -0.39 is 0 Å². The number of likely N-dealkylation sites (tertiary alicyclic amines) is 1. The molecule has 2 atom stereocenters. The highest BCUT2D eigenvalue weighted by atomic mass is 16.5. The van der Waals surface area contributed by atoms with Crippen LogP contribution in [0.2, 0.25) is 0 Å². The molecule has 7 heteroatoms. The molecule has 0 saturated carbocycles. The number of nitrogens with zero attached hydrogens (tertiary/aromatic N) is 2. The summed E-state index contributed by atoms with van der Waals surface area (Å²) in [5, 5.41) is 0.855. The lowest BCUT2D eigenvalue weighted by atomic mass is 9.83. The van der Waals surface area contributed by atoms with E-state index in [9.17, 15) is 14.4 Å². The van der Waals surface area contributed by atoms with Gasteiger partial charge in [-0.15, -0.1) is 0 Å². The number of ether oxygens (including phenoxy) is 1. The highest BCUT2D eigenvalue weighted by molar-refractivity contribution is 5.82. The lowest BCUT2D eigenvalue weighted by molar-refractivity contribution is -0.136. The largest absolute Gasteiger partial charge is 0.484 e. The van der Waals surface area contributed by atoms with Crippen molar-refractivity contribution in [3.8, 4) is 5.75 Å². The van der Waals surface area contributed by atoms with E-state index in [2.05, 4.69) is 0 Å². The molecule has 1 amide bonds. The van der Waals surface area contributed by atoms with Gasteiger partial charge in [0.25, 0.3) is 11.5 Å². The van der Waals surface area contributed by atoms with Crippen LogP contribution in [0.3, 0.4) is 0 Å². The maximum atomic E-state index is 12.9. The lowest BCUT2D eigenvalue weighted by Crippen LogP contribution is -2.50. The molecule has 1 fully saturated rings. The third-order valence-electron chi connectivity index (χ3n) is 6.62. The first-order valence-corrected chi connectivity index (χ1v) is 10.5. The van der Waals surface area contributed by atoms with Gasteiger partial charge in [0.2, 0.25) is 0 Å². The number of hydrogen-bond acceptors (Lipinski definition) is 5. The van der Waals surface area contributed by atoms with E-state index in [0.717, 1.165) is 23.1 Å². The molecule has 5 rings (SSSR count). The normalized spacial score (nSPS) is 19.9. The predicted molar refractivity (Wildman–Crippen MR) is 116 cm³/mol. The van der Waals surface area contributed by atoms with E-state index in [1.165, 1.54) is 0 Å². The molecule has 0 spiro atoms. The number of pyridine rings is 1. The molecule has 1 aromatic carbocycles. The Kier molecular flexibility index (Phi) is 4.68. The van der Waals surface area contributed by atoms with Gasteiger partial charge in [-0.3, -0.25) is 9.59 Å². The van der Waals surface area contributed by atoms with Gasteiger partial charge in [-0.25, -0.2) is 4.79 Å². The molecule has 0 N–H and O–H groups in total. The number of benzene rings is 1. The van der Waals surface area contributed by atoms with E-state index in [0.29, 0.717) is 36.5 Å². The maximum absolute atomic E-state index is 12.9. The summed E-state index contributed by atoms with van der Waals surface area (Å²) in [5.41, 5.74) is 2.61. The smallest absolute Gasteiger partial charge is 0.339 e. The van der Waals surface area contributed by atoms with Gasteiger partial charge < -0.3 is 18.6 Å². The third kappa shape index (κ3) is 3.44. The van der Waals surface area contributed by atoms with Crippen molar-refractivity contribution < 1.29 is 13.9 Å². The molecule has 7 nitrogen and oxygen atoms in total.